The van der Waals surface area contributed by atoms with Crippen LogP contribution in [-0.4, -0.2) is 62.6 Å². The molecule has 1 aliphatic rings. The zero-order chi connectivity index (χ0) is 13.5. The second kappa shape index (κ2) is 7.43. The maximum absolute atomic E-state index is 10.7. The molecule has 0 aromatic heterocycles. The van der Waals surface area contributed by atoms with Crippen LogP contribution in [-0.2, 0) is 14.9 Å². The molecule has 0 radical (unpaired) electrons. The van der Waals surface area contributed by atoms with Crippen molar-refractivity contribution in [2.45, 2.75) is 32.6 Å². The summed E-state index contributed by atoms with van der Waals surface area (Å²) in [6, 6.07) is 0. The lowest BCUT2D eigenvalue weighted by molar-refractivity contribution is -0.935. The monoisotopic (exact) mass is 280 g/mol. The number of hydrogen-bond donors (Lipinski definition) is 1. The van der Waals surface area contributed by atoms with Crippen LogP contribution in [0.4, 0.5) is 0 Å². The summed E-state index contributed by atoms with van der Waals surface area (Å²) < 4.78 is 36.5. The van der Waals surface area contributed by atoms with Gasteiger partial charge in [0.15, 0.2) is 0 Å². The molecule has 1 fully saturated rings. The molecular formula is C12H26NO4S+. The predicted octanol–water partition coefficient (Wildman–Crippen LogP) is 1.30. The number of nitrogens with zero attached hydrogens (tertiary/aromatic N) is 1. The summed E-state index contributed by atoms with van der Waals surface area (Å²) in [6.07, 6.45) is 3.79. The second-order valence-electron chi connectivity index (χ2n) is 5.20. The molecule has 0 saturated carbocycles. The van der Waals surface area contributed by atoms with E-state index in [1.807, 2.05) is 0 Å². The standard InChI is InChI=1S/C12H25NO4S/c1-2-3-6-13(8-10-17-11-9-13)7-4-5-12-18(14,15)16/h2-12H2,1H3/p+1. The van der Waals surface area contributed by atoms with E-state index in [1.165, 1.54) is 12.8 Å². The van der Waals surface area contributed by atoms with Gasteiger partial charge in [0.05, 0.1) is 32.1 Å². The van der Waals surface area contributed by atoms with E-state index in [1.54, 1.807) is 0 Å². The number of rotatable bonds is 8. The first kappa shape index (κ1) is 15.9. The molecule has 0 aromatic rings. The van der Waals surface area contributed by atoms with Gasteiger partial charge in [-0.2, -0.15) is 8.42 Å². The van der Waals surface area contributed by atoms with Gasteiger partial charge in [0, 0.05) is 0 Å². The van der Waals surface area contributed by atoms with Crippen LogP contribution in [0.15, 0.2) is 0 Å². The summed E-state index contributed by atoms with van der Waals surface area (Å²) in [6.45, 7) is 8.03. The first-order valence-corrected chi connectivity index (χ1v) is 8.46. The number of hydrogen-bond acceptors (Lipinski definition) is 3. The Morgan fingerprint density at radius 2 is 1.72 bits per heavy atom. The molecule has 108 valence electrons. The van der Waals surface area contributed by atoms with Crippen molar-refractivity contribution in [3.05, 3.63) is 0 Å². The van der Waals surface area contributed by atoms with Gasteiger partial charge in [0.2, 0.25) is 0 Å². The zero-order valence-electron chi connectivity index (χ0n) is 11.3. The van der Waals surface area contributed by atoms with E-state index in [4.69, 9.17) is 9.29 Å². The lowest BCUT2D eigenvalue weighted by Crippen LogP contribution is -2.56. The molecule has 1 N–H and O–H groups in total. The van der Waals surface area contributed by atoms with Gasteiger partial charge in [-0.1, -0.05) is 13.3 Å². The summed E-state index contributed by atoms with van der Waals surface area (Å²) in [5.74, 6) is -0.114. The Labute approximate surface area is 110 Å². The van der Waals surface area contributed by atoms with Gasteiger partial charge in [0.1, 0.15) is 13.1 Å². The lowest BCUT2D eigenvalue weighted by atomic mass is 10.2. The first-order valence-electron chi connectivity index (χ1n) is 6.85. The molecule has 0 unspecified atom stereocenters. The van der Waals surface area contributed by atoms with Crippen molar-refractivity contribution in [2.24, 2.45) is 0 Å². The van der Waals surface area contributed by atoms with Crippen LogP contribution in [0.1, 0.15) is 32.6 Å². The number of unbranched alkanes of at least 4 members (excludes halogenated alkanes) is 2. The summed E-state index contributed by atoms with van der Waals surface area (Å²) in [4.78, 5) is 0. The van der Waals surface area contributed by atoms with Crippen molar-refractivity contribution in [2.75, 3.05) is 45.1 Å². The molecule has 5 nitrogen and oxygen atoms in total. The second-order valence-corrected chi connectivity index (χ2v) is 6.77. The van der Waals surface area contributed by atoms with Crippen LogP contribution < -0.4 is 0 Å². The van der Waals surface area contributed by atoms with E-state index < -0.39 is 10.1 Å². The van der Waals surface area contributed by atoms with Crippen LogP contribution in [0.5, 0.6) is 0 Å². The normalized spacial score (nSPS) is 19.9. The van der Waals surface area contributed by atoms with Crippen molar-refractivity contribution in [3.63, 3.8) is 0 Å². The smallest absolute Gasteiger partial charge is 0.264 e. The Hall–Kier alpha value is -0.170. The van der Waals surface area contributed by atoms with Crippen molar-refractivity contribution in [1.82, 2.24) is 0 Å². The minimum Gasteiger partial charge on any atom is -0.370 e. The van der Waals surface area contributed by atoms with Crippen molar-refractivity contribution in [3.8, 4) is 0 Å². The Kier molecular flexibility index (Phi) is 6.55. The SMILES string of the molecule is CCCC[N+]1(CCCCS(=O)(=O)O)CCOCC1. The van der Waals surface area contributed by atoms with Crippen LogP contribution in [0.3, 0.4) is 0 Å². The highest BCUT2D eigenvalue weighted by Crippen LogP contribution is 2.15. The Morgan fingerprint density at radius 1 is 1.11 bits per heavy atom. The van der Waals surface area contributed by atoms with Crippen LogP contribution in [0, 0.1) is 0 Å². The largest absolute Gasteiger partial charge is 0.370 e. The molecule has 18 heavy (non-hydrogen) atoms. The maximum atomic E-state index is 10.7. The van der Waals surface area contributed by atoms with Gasteiger partial charge < -0.3 is 9.22 Å². The van der Waals surface area contributed by atoms with E-state index in [9.17, 15) is 8.42 Å². The number of morpholine rings is 1. The third kappa shape index (κ3) is 6.13. The van der Waals surface area contributed by atoms with E-state index in [-0.39, 0.29) is 5.75 Å². The molecular weight excluding hydrogens is 254 g/mol. The molecule has 1 aliphatic heterocycles. The van der Waals surface area contributed by atoms with Crippen LogP contribution in [0.25, 0.3) is 0 Å². The highest BCUT2D eigenvalue weighted by atomic mass is 32.2. The quantitative estimate of drug-likeness (QED) is 0.413. The molecule has 1 saturated heterocycles. The average Bonchev–Trinajstić information content (AvgIpc) is 2.33. The Bertz CT molecular complexity index is 323. The summed E-state index contributed by atoms with van der Waals surface area (Å²) >= 11 is 0. The number of quaternary nitrogens is 1. The zero-order valence-corrected chi connectivity index (χ0v) is 12.1. The van der Waals surface area contributed by atoms with Crippen molar-refractivity contribution in [1.29, 1.82) is 0 Å². The molecule has 0 atom stereocenters. The topological polar surface area (TPSA) is 63.6 Å². The van der Waals surface area contributed by atoms with Gasteiger partial charge in [-0.3, -0.25) is 4.55 Å². The summed E-state index contributed by atoms with van der Waals surface area (Å²) in [7, 11) is -3.80. The predicted molar refractivity (Wildman–Crippen MR) is 71.1 cm³/mol. The summed E-state index contributed by atoms with van der Waals surface area (Å²) in [5, 5.41) is 0. The molecule has 0 bridgehead atoms. The van der Waals surface area contributed by atoms with Crippen molar-refractivity contribution < 1.29 is 22.2 Å². The molecule has 0 amide bonds. The lowest BCUT2D eigenvalue weighted by Gasteiger charge is -2.41. The molecule has 1 heterocycles. The Balaban J connectivity index is 2.36. The minimum atomic E-state index is -3.80. The fourth-order valence-electron chi connectivity index (χ4n) is 2.51. The maximum Gasteiger partial charge on any atom is 0.264 e. The molecule has 0 aliphatic carbocycles. The van der Waals surface area contributed by atoms with E-state index in [2.05, 4.69) is 6.92 Å². The van der Waals surface area contributed by atoms with E-state index >= 15 is 0 Å². The third-order valence-corrected chi connectivity index (χ3v) is 4.50. The fraction of sp³-hybridized carbons (Fsp3) is 1.00. The van der Waals surface area contributed by atoms with Gasteiger partial charge in [-0.05, 0) is 19.3 Å². The minimum absolute atomic E-state index is 0.114. The number of ether oxygens (including phenoxy) is 1. The van der Waals surface area contributed by atoms with Gasteiger partial charge in [-0.25, -0.2) is 0 Å². The molecule has 1 rings (SSSR count). The first-order chi connectivity index (χ1) is 8.47. The fourth-order valence-corrected chi connectivity index (χ4v) is 3.08. The molecule has 0 spiro atoms. The van der Waals surface area contributed by atoms with Gasteiger partial charge in [0.25, 0.3) is 10.1 Å². The van der Waals surface area contributed by atoms with Gasteiger partial charge >= 0.3 is 0 Å². The highest BCUT2D eigenvalue weighted by Gasteiger charge is 2.29. The molecule has 0 aromatic carbocycles. The van der Waals surface area contributed by atoms with Crippen molar-refractivity contribution >= 4 is 10.1 Å². The molecule has 6 heteroatoms. The third-order valence-electron chi connectivity index (χ3n) is 3.69. The Morgan fingerprint density at radius 3 is 2.28 bits per heavy atom. The highest BCUT2D eigenvalue weighted by molar-refractivity contribution is 7.85. The average molecular weight is 280 g/mol. The van der Waals surface area contributed by atoms with Gasteiger partial charge in [-0.15, -0.1) is 0 Å². The van der Waals surface area contributed by atoms with E-state index in [0.717, 1.165) is 50.3 Å². The van der Waals surface area contributed by atoms with Crippen LogP contribution >= 0.6 is 0 Å². The van der Waals surface area contributed by atoms with Crippen LogP contribution in [0.2, 0.25) is 0 Å². The summed E-state index contributed by atoms with van der Waals surface area (Å²) in [5.41, 5.74) is 0. The van der Waals surface area contributed by atoms with E-state index in [0.29, 0.717) is 6.42 Å².